The minimum atomic E-state index is -0.228. The van der Waals surface area contributed by atoms with Crippen LogP contribution in [-0.4, -0.2) is 6.04 Å². The van der Waals surface area contributed by atoms with E-state index < -0.39 is 0 Å². The van der Waals surface area contributed by atoms with E-state index in [1.165, 1.54) is 12.1 Å². The first-order chi connectivity index (χ1) is 8.06. The van der Waals surface area contributed by atoms with E-state index in [4.69, 9.17) is 10.2 Å². The number of hydrogen-bond acceptors (Lipinski definition) is 2. The van der Waals surface area contributed by atoms with Crippen molar-refractivity contribution in [3.8, 4) is 11.3 Å². The van der Waals surface area contributed by atoms with Crippen molar-refractivity contribution in [2.45, 2.75) is 26.3 Å². The summed E-state index contributed by atoms with van der Waals surface area (Å²) >= 11 is 0. The molecule has 2 N–H and O–H groups in total. The molecule has 2 rings (SSSR count). The second kappa shape index (κ2) is 4.72. The molecular weight excluding hydrogens is 217 g/mol. The van der Waals surface area contributed by atoms with Crippen LogP contribution in [0.2, 0.25) is 0 Å². The predicted molar refractivity (Wildman–Crippen MR) is 66.2 cm³/mol. The molecule has 90 valence electrons. The Hall–Kier alpha value is -1.61. The summed E-state index contributed by atoms with van der Waals surface area (Å²) in [6, 6.07) is 8.57. The molecule has 0 amide bonds. The third-order valence-corrected chi connectivity index (χ3v) is 2.64. The monoisotopic (exact) mass is 233 g/mol. The Labute approximate surface area is 100 Å². The van der Waals surface area contributed by atoms with Crippen molar-refractivity contribution in [2.24, 2.45) is 5.73 Å². The van der Waals surface area contributed by atoms with Crippen molar-refractivity contribution in [1.82, 2.24) is 0 Å². The third-order valence-electron chi connectivity index (χ3n) is 2.64. The smallest absolute Gasteiger partial charge is 0.134 e. The van der Waals surface area contributed by atoms with Crippen LogP contribution in [-0.2, 0) is 6.42 Å². The Balaban J connectivity index is 2.30. The SMILES string of the molecule is Cc1cc(F)ccc1-c1ccc(CC(C)N)o1. The Kier molecular flexibility index (Phi) is 3.29. The summed E-state index contributed by atoms with van der Waals surface area (Å²) in [6.45, 7) is 3.80. The topological polar surface area (TPSA) is 39.2 Å². The summed E-state index contributed by atoms with van der Waals surface area (Å²) in [5.74, 6) is 1.39. The fourth-order valence-electron chi connectivity index (χ4n) is 1.85. The van der Waals surface area contributed by atoms with Gasteiger partial charge in [0.15, 0.2) is 0 Å². The second-order valence-electron chi connectivity index (χ2n) is 4.41. The molecule has 0 aliphatic rings. The molecule has 0 aliphatic carbocycles. The van der Waals surface area contributed by atoms with Crippen LogP contribution in [0.25, 0.3) is 11.3 Å². The summed E-state index contributed by atoms with van der Waals surface area (Å²) in [5.41, 5.74) is 7.50. The first-order valence-corrected chi connectivity index (χ1v) is 5.67. The molecule has 0 aliphatic heterocycles. The molecule has 1 unspecified atom stereocenters. The van der Waals surface area contributed by atoms with Gasteiger partial charge < -0.3 is 10.2 Å². The van der Waals surface area contributed by atoms with Gasteiger partial charge in [-0.2, -0.15) is 0 Å². The Morgan fingerprint density at radius 3 is 2.71 bits per heavy atom. The molecule has 2 nitrogen and oxygen atoms in total. The van der Waals surface area contributed by atoms with Gasteiger partial charge in [0.2, 0.25) is 0 Å². The maximum absolute atomic E-state index is 13.0. The molecule has 1 heterocycles. The van der Waals surface area contributed by atoms with Crippen LogP contribution < -0.4 is 5.73 Å². The summed E-state index contributed by atoms with van der Waals surface area (Å²) in [7, 11) is 0. The van der Waals surface area contributed by atoms with Crippen LogP contribution in [0.1, 0.15) is 18.2 Å². The van der Waals surface area contributed by atoms with E-state index in [2.05, 4.69) is 0 Å². The first kappa shape index (κ1) is 11.9. The van der Waals surface area contributed by atoms with Crippen LogP contribution in [0, 0.1) is 12.7 Å². The van der Waals surface area contributed by atoms with Gasteiger partial charge in [-0.25, -0.2) is 4.39 Å². The average Bonchev–Trinajstić information content (AvgIpc) is 2.65. The zero-order valence-electron chi connectivity index (χ0n) is 10.0. The van der Waals surface area contributed by atoms with Crippen LogP contribution >= 0.6 is 0 Å². The van der Waals surface area contributed by atoms with Gasteiger partial charge in [0.1, 0.15) is 17.3 Å². The van der Waals surface area contributed by atoms with Crippen molar-refractivity contribution in [2.75, 3.05) is 0 Å². The van der Waals surface area contributed by atoms with E-state index in [-0.39, 0.29) is 11.9 Å². The lowest BCUT2D eigenvalue weighted by Crippen LogP contribution is -2.17. The highest BCUT2D eigenvalue weighted by atomic mass is 19.1. The molecule has 0 spiro atoms. The number of aryl methyl sites for hydroxylation is 1. The van der Waals surface area contributed by atoms with E-state index in [1.807, 2.05) is 26.0 Å². The van der Waals surface area contributed by atoms with Crippen LogP contribution in [0.3, 0.4) is 0 Å². The van der Waals surface area contributed by atoms with Gasteiger partial charge in [-0.15, -0.1) is 0 Å². The summed E-state index contributed by atoms with van der Waals surface area (Å²) < 4.78 is 18.7. The minimum Gasteiger partial charge on any atom is -0.461 e. The zero-order chi connectivity index (χ0) is 12.4. The molecule has 1 aromatic heterocycles. The first-order valence-electron chi connectivity index (χ1n) is 5.67. The van der Waals surface area contributed by atoms with Crippen molar-refractivity contribution in [1.29, 1.82) is 0 Å². The van der Waals surface area contributed by atoms with Gasteiger partial charge in [-0.1, -0.05) is 0 Å². The highest BCUT2D eigenvalue weighted by Crippen LogP contribution is 2.26. The minimum absolute atomic E-state index is 0.0725. The van der Waals surface area contributed by atoms with Crippen LogP contribution in [0.4, 0.5) is 4.39 Å². The van der Waals surface area contributed by atoms with Crippen molar-refractivity contribution < 1.29 is 8.81 Å². The number of furan rings is 1. The van der Waals surface area contributed by atoms with Gasteiger partial charge in [-0.05, 0) is 49.7 Å². The Bertz CT molecular complexity index is 517. The van der Waals surface area contributed by atoms with E-state index >= 15 is 0 Å². The van der Waals surface area contributed by atoms with Gasteiger partial charge in [0.05, 0.1) is 0 Å². The van der Waals surface area contributed by atoms with E-state index in [0.29, 0.717) is 6.42 Å². The third kappa shape index (κ3) is 2.74. The largest absolute Gasteiger partial charge is 0.461 e. The highest BCUT2D eigenvalue weighted by molar-refractivity contribution is 5.62. The lowest BCUT2D eigenvalue weighted by Gasteiger charge is -2.03. The van der Waals surface area contributed by atoms with E-state index in [0.717, 1.165) is 22.6 Å². The van der Waals surface area contributed by atoms with Crippen molar-refractivity contribution >= 4 is 0 Å². The average molecular weight is 233 g/mol. The summed E-state index contributed by atoms with van der Waals surface area (Å²) in [4.78, 5) is 0. The number of nitrogens with two attached hydrogens (primary N) is 1. The van der Waals surface area contributed by atoms with Gasteiger partial charge in [0.25, 0.3) is 0 Å². The van der Waals surface area contributed by atoms with E-state index in [9.17, 15) is 4.39 Å². The molecule has 2 aromatic rings. The molecule has 0 saturated carbocycles. The lowest BCUT2D eigenvalue weighted by atomic mass is 10.1. The van der Waals surface area contributed by atoms with Gasteiger partial charge in [-0.3, -0.25) is 0 Å². The normalized spacial score (nSPS) is 12.7. The fourth-order valence-corrected chi connectivity index (χ4v) is 1.85. The lowest BCUT2D eigenvalue weighted by molar-refractivity contribution is 0.503. The van der Waals surface area contributed by atoms with Gasteiger partial charge in [0, 0.05) is 18.0 Å². The molecule has 1 atom stereocenters. The molecular formula is C14H16FNO. The highest BCUT2D eigenvalue weighted by Gasteiger charge is 2.09. The predicted octanol–water partition coefficient (Wildman–Crippen LogP) is 3.28. The zero-order valence-corrected chi connectivity index (χ0v) is 10.0. The Morgan fingerprint density at radius 2 is 2.06 bits per heavy atom. The standard InChI is InChI=1S/C14H16FNO/c1-9-7-11(15)3-5-13(9)14-6-4-12(17-14)8-10(2)16/h3-7,10H,8,16H2,1-2H3. The molecule has 0 fully saturated rings. The number of rotatable bonds is 3. The van der Waals surface area contributed by atoms with Crippen LogP contribution in [0.5, 0.6) is 0 Å². The van der Waals surface area contributed by atoms with Crippen molar-refractivity contribution in [3.05, 3.63) is 47.5 Å². The number of hydrogen-bond donors (Lipinski definition) is 1. The van der Waals surface area contributed by atoms with Crippen LogP contribution in [0.15, 0.2) is 34.7 Å². The second-order valence-corrected chi connectivity index (χ2v) is 4.41. The molecule has 17 heavy (non-hydrogen) atoms. The number of halogens is 1. The maximum atomic E-state index is 13.0. The Morgan fingerprint density at radius 1 is 1.29 bits per heavy atom. The van der Waals surface area contributed by atoms with E-state index in [1.54, 1.807) is 6.07 Å². The summed E-state index contributed by atoms with van der Waals surface area (Å²) in [6.07, 6.45) is 0.709. The van der Waals surface area contributed by atoms with Crippen molar-refractivity contribution in [3.63, 3.8) is 0 Å². The quantitative estimate of drug-likeness (QED) is 0.883. The summed E-state index contributed by atoms with van der Waals surface area (Å²) in [5, 5.41) is 0. The van der Waals surface area contributed by atoms with Gasteiger partial charge >= 0.3 is 0 Å². The molecule has 3 heteroatoms. The maximum Gasteiger partial charge on any atom is 0.134 e. The molecule has 0 radical (unpaired) electrons. The molecule has 1 aromatic carbocycles. The number of benzene rings is 1. The molecule has 0 saturated heterocycles. The molecule has 0 bridgehead atoms. The fraction of sp³-hybridized carbons (Fsp3) is 0.286.